The Morgan fingerprint density at radius 3 is 2.67 bits per heavy atom. The Labute approximate surface area is 201 Å². The zero-order valence-electron chi connectivity index (χ0n) is 19.7. The van der Waals surface area contributed by atoms with Crippen LogP contribution in [0.15, 0.2) is 36.4 Å². The molecule has 7 nitrogen and oxygen atoms in total. The molecule has 2 fully saturated rings. The van der Waals surface area contributed by atoms with Crippen molar-refractivity contribution < 1.29 is 19.2 Å². The number of hydrazine groups is 1. The second-order valence-electron chi connectivity index (χ2n) is 9.04. The fourth-order valence-corrected chi connectivity index (χ4v) is 4.97. The summed E-state index contributed by atoms with van der Waals surface area (Å²) in [5, 5.41) is 0. The van der Waals surface area contributed by atoms with Gasteiger partial charge in [0.1, 0.15) is 0 Å². The van der Waals surface area contributed by atoms with Gasteiger partial charge in [-0.15, -0.1) is 0 Å². The number of amides is 2. The Bertz CT molecular complexity index is 762. The lowest BCUT2D eigenvalue weighted by Crippen LogP contribution is -2.47. The molecular weight excluding hydrogens is 438 g/mol. The molecule has 2 N–H and O–H groups in total. The van der Waals surface area contributed by atoms with E-state index < -0.39 is 18.1 Å². The summed E-state index contributed by atoms with van der Waals surface area (Å²) >= 11 is 1.62. The molecule has 2 aliphatic heterocycles. The zero-order chi connectivity index (χ0) is 23.5. The Morgan fingerprint density at radius 1 is 1.18 bits per heavy atom. The van der Waals surface area contributed by atoms with Crippen LogP contribution in [0.1, 0.15) is 57.9 Å². The summed E-state index contributed by atoms with van der Waals surface area (Å²) < 4.78 is 7.45. The summed E-state index contributed by atoms with van der Waals surface area (Å²) in [5.74, 6) is -0.153. The van der Waals surface area contributed by atoms with Gasteiger partial charge in [0.2, 0.25) is 11.8 Å². The van der Waals surface area contributed by atoms with Crippen LogP contribution in [-0.2, 0) is 19.2 Å². The molecule has 182 valence electrons. The first-order chi connectivity index (χ1) is 16.0. The second-order valence-corrected chi connectivity index (χ2v) is 10.1. The molecule has 3 atom stereocenters. The maximum Gasteiger partial charge on any atom is 0.247 e. The summed E-state index contributed by atoms with van der Waals surface area (Å²) in [7, 11) is 0. The van der Waals surface area contributed by atoms with E-state index in [1.54, 1.807) is 11.9 Å². The number of rotatable bonds is 11. The molecule has 1 aromatic carbocycles. The van der Waals surface area contributed by atoms with Crippen LogP contribution in [0.4, 0.5) is 0 Å². The standard InChI is InChI=1S/C25H37N3O4S/c1-19(2)18-22(24(29)26-28-15-9-17-33-28)21(13-8-12-20-10-4-3-5-11-20)25(30)27-32-23-14-6-7-16-31-23/h3-5,8,10-12,19,21-23H,6-7,9,13-18H2,1-2H3,(H,26,29)(H,27,30)/t21-,22+,23?/m0/s1. The summed E-state index contributed by atoms with van der Waals surface area (Å²) in [6.07, 6.45) is 8.39. The van der Waals surface area contributed by atoms with E-state index in [-0.39, 0.29) is 17.7 Å². The number of hydrogen-bond acceptors (Lipinski definition) is 6. The molecular formula is C25H37N3O4S. The highest BCUT2D eigenvalue weighted by molar-refractivity contribution is 7.97. The van der Waals surface area contributed by atoms with E-state index in [2.05, 4.69) is 24.8 Å². The predicted molar refractivity (Wildman–Crippen MR) is 131 cm³/mol. The lowest BCUT2D eigenvalue weighted by Gasteiger charge is -2.29. The van der Waals surface area contributed by atoms with E-state index in [1.807, 2.05) is 46.9 Å². The quantitative estimate of drug-likeness (QED) is 0.366. The highest BCUT2D eigenvalue weighted by Gasteiger charge is 2.35. The molecule has 2 heterocycles. The largest absolute Gasteiger partial charge is 0.350 e. The van der Waals surface area contributed by atoms with E-state index in [0.717, 1.165) is 43.5 Å². The number of benzene rings is 1. The third-order valence-electron chi connectivity index (χ3n) is 5.80. The van der Waals surface area contributed by atoms with E-state index >= 15 is 0 Å². The van der Waals surface area contributed by atoms with Gasteiger partial charge in [-0.2, -0.15) is 4.41 Å². The van der Waals surface area contributed by atoms with Crippen molar-refractivity contribution in [2.45, 2.75) is 58.7 Å². The Balaban J connectivity index is 1.72. The molecule has 0 bridgehead atoms. The number of hydrogen-bond donors (Lipinski definition) is 2. The van der Waals surface area contributed by atoms with Gasteiger partial charge in [-0.25, -0.2) is 10.3 Å². The number of ether oxygens (including phenoxy) is 1. The Hall–Kier alpha value is -1.87. The third kappa shape index (κ3) is 8.77. The third-order valence-corrected chi connectivity index (χ3v) is 6.86. The molecule has 3 rings (SSSR count). The molecule has 2 aliphatic rings. The number of allylic oxidation sites excluding steroid dienone is 1. The Kier molecular flexibility index (Phi) is 10.7. The van der Waals surface area contributed by atoms with Gasteiger partial charge in [0.05, 0.1) is 11.8 Å². The minimum atomic E-state index is -0.552. The summed E-state index contributed by atoms with van der Waals surface area (Å²) in [6, 6.07) is 9.95. The second kappa shape index (κ2) is 13.7. The number of nitrogens with one attached hydrogen (secondary N) is 2. The summed E-state index contributed by atoms with van der Waals surface area (Å²) in [4.78, 5) is 32.1. The number of carbonyl (C=O) groups excluding carboxylic acids is 2. The van der Waals surface area contributed by atoms with E-state index in [1.165, 1.54) is 0 Å². The normalized spacial score (nSPS) is 21.2. The average Bonchev–Trinajstić information content (AvgIpc) is 3.33. The molecule has 8 heteroatoms. The zero-order valence-corrected chi connectivity index (χ0v) is 20.5. The molecule has 33 heavy (non-hydrogen) atoms. The van der Waals surface area contributed by atoms with Crippen molar-refractivity contribution in [2.75, 3.05) is 18.9 Å². The van der Waals surface area contributed by atoms with Gasteiger partial charge in [-0.05, 0) is 43.6 Å². The van der Waals surface area contributed by atoms with Crippen LogP contribution in [-0.4, -0.2) is 41.4 Å². The monoisotopic (exact) mass is 475 g/mol. The summed E-state index contributed by atoms with van der Waals surface area (Å²) in [6.45, 7) is 5.60. The molecule has 2 saturated heterocycles. The first-order valence-corrected chi connectivity index (χ1v) is 13.0. The SMILES string of the molecule is CC(C)C[C@@H](C(=O)NN1CCCS1)[C@H](CC=Cc1ccccc1)C(=O)NOC1CCCCO1. The summed E-state index contributed by atoms with van der Waals surface area (Å²) in [5.41, 5.74) is 6.69. The maximum absolute atomic E-state index is 13.3. The van der Waals surface area contributed by atoms with Crippen LogP contribution < -0.4 is 10.9 Å². The van der Waals surface area contributed by atoms with Crippen molar-refractivity contribution in [1.29, 1.82) is 0 Å². The Morgan fingerprint density at radius 2 is 2.00 bits per heavy atom. The average molecular weight is 476 g/mol. The molecule has 1 aromatic rings. The molecule has 0 aromatic heterocycles. The first kappa shape index (κ1) is 25.7. The fraction of sp³-hybridized carbons (Fsp3) is 0.600. The van der Waals surface area contributed by atoms with Gasteiger partial charge in [0.25, 0.3) is 0 Å². The van der Waals surface area contributed by atoms with Gasteiger partial charge in [0, 0.05) is 25.3 Å². The van der Waals surface area contributed by atoms with Crippen molar-refractivity contribution in [3.05, 3.63) is 42.0 Å². The van der Waals surface area contributed by atoms with E-state index in [9.17, 15) is 9.59 Å². The van der Waals surface area contributed by atoms with Gasteiger partial charge in [0.15, 0.2) is 6.29 Å². The van der Waals surface area contributed by atoms with Crippen molar-refractivity contribution >= 4 is 29.8 Å². The molecule has 2 amide bonds. The van der Waals surface area contributed by atoms with Gasteiger partial charge in [-0.3, -0.25) is 15.0 Å². The fourth-order valence-electron chi connectivity index (χ4n) is 4.08. The van der Waals surface area contributed by atoms with Gasteiger partial charge >= 0.3 is 0 Å². The van der Waals surface area contributed by atoms with Crippen LogP contribution in [0.25, 0.3) is 6.08 Å². The first-order valence-electron chi connectivity index (χ1n) is 12.0. The molecule has 0 aliphatic carbocycles. The van der Waals surface area contributed by atoms with Crippen LogP contribution in [0.3, 0.4) is 0 Å². The van der Waals surface area contributed by atoms with E-state index in [4.69, 9.17) is 9.57 Å². The number of carbonyl (C=O) groups is 2. The van der Waals surface area contributed by atoms with Crippen LogP contribution in [0, 0.1) is 17.8 Å². The number of nitrogens with zero attached hydrogens (tertiary/aromatic N) is 1. The van der Waals surface area contributed by atoms with Crippen LogP contribution in [0.5, 0.6) is 0 Å². The lowest BCUT2D eigenvalue weighted by molar-refractivity contribution is -0.203. The lowest BCUT2D eigenvalue weighted by atomic mass is 9.82. The van der Waals surface area contributed by atoms with Crippen molar-refractivity contribution in [2.24, 2.45) is 17.8 Å². The topological polar surface area (TPSA) is 79.9 Å². The maximum atomic E-state index is 13.3. The highest BCUT2D eigenvalue weighted by atomic mass is 32.2. The predicted octanol–water partition coefficient (Wildman–Crippen LogP) is 4.33. The van der Waals surface area contributed by atoms with Crippen molar-refractivity contribution in [3.63, 3.8) is 0 Å². The number of hydroxylamine groups is 1. The highest BCUT2D eigenvalue weighted by Crippen LogP contribution is 2.27. The molecule has 0 saturated carbocycles. The van der Waals surface area contributed by atoms with Crippen molar-refractivity contribution in [3.8, 4) is 0 Å². The van der Waals surface area contributed by atoms with Crippen molar-refractivity contribution in [1.82, 2.24) is 15.3 Å². The smallest absolute Gasteiger partial charge is 0.247 e. The molecule has 0 spiro atoms. The minimum Gasteiger partial charge on any atom is -0.350 e. The minimum absolute atomic E-state index is 0.111. The van der Waals surface area contributed by atoms with Gasteiger partial charge in [-0.1, -0.05) is 68.3 Å². The van der Waals surface area contributed by atoms with Gasteiger partial charge < -0.3 is 4.74 Å². The molecule has 0 radical (unpaired) electrons. The van der Waals surface area contributed by atoms with Crippen LogP contribution >= 0.6 is 11.9 Å². The van der Waals surface area contributed by atoms with Crippen LogP contribution in [0.2, 0.25) is 0 Å². The van der Waals surface area contributed by atoms with E-state index in [0.29, 0.717) is 19.4 Å². The molecule has 1 unspecified atom stereocenters.